The molecule has 1 aliphatic rings. The molecule has 1 N–H and O–H groups in total. The number of aryl methyl sites for hydroxylation is 1. The molecule has 2 rings (SSSR count). The molecule has 92 valence electrons. The van der Waals surface area contributed by atoms with Crippen molar-refractivity contribution in [2.45, 2.75) is 19.4 Å². The van der Waals surface area contributed by atoms with Crippen molar-refractivity contribution >= 4 is 11.6 Å². The maximum absolute atomic E-state index is 13.9. The van der Waals surface area contributed by atoms with E-state index in [-0.39, 0.29) is 17.6 Å². The van der Waals surface area contributed by atoms with Gasteiger partial charge in [-0.3, -0.25) is 4.79 Å². The van der Waals surface area contributed by atoms with E-state index in [1.807, 2.05) is 0 Å². The Bertz CT molecular complexity index is 462. The highest BCUT2D eigenvalue weighted by molar-refractivity contribution is 5.99. The number of anilines is 1. The molecule has 1 unspecified atom stereocenters. The lowest BCUT2D eigenvalue weighted by molar-refractivity contribution is -0.118. The summed E-state index contributed by atoms with van der Waals surface area (Å²) in [5.41, 5.74) is 0.106. The Morgan fingerprint density at radius 3 is 2.71 bits per heavy atom. The zero-order chi connectivity index (χ0) is 12.6. The normalized spacial score (nSPS) is 20.1. The fraction of sp³-hybridized carbons (Fsp3) is 0.417. The second-order valence-corrected chi connectivity index (χ2v) is 4.15. The third kappa shape index (κ3) is 1.91. The first kappa shape index (κ1) is 12.0. The number of hydrogen-bond acceptors (Lipinski definition) is 2. The van der Waals surface area contributed by atoms with Crippen LogP contribution in [0.2, 0.25) is 0 Å². The van der Waals surface area contributed by atoms with Crippen LogP contribution in [0.3, 0.4) is 0 Å². The van der Waals surface area contributed by atoms with Crippen molar-refractivity contribution in [3.8, 4) is 0 Å². The molecular formula is C12H14F2N2O. The summed E-state index contributed by atoms with van der Waals surface area (Å²) in [7, 11) is 1.66. The Balaban J connectivity index is 2.42. The summed E-state index contributed by atoms with van der Waals surface area (Å²) in [5, 5.41) is 2.83. The number of carbonyl (C=O) groups excluding carboxylic acids is 1. The average Bonchev–Trinajstić information content (AvgIpc) is 2.66. The highest BCUT2D eigenvalue weighted by atomic mass is 19.1. The maximum atomic E-state index is 13.9. The smallest absolute Gasteiger partial charge is 0.244 e. The van der Waals surface area contributed by atoms with E-state index >= 15 is 0 Å². The van der Waals surface area contributed by atoms with Gasteiger partial charge in [-0.1, -0.05) is 6.07 Å². The third-order valence-corrected chi connectivity index (χ3v) is 3.08. The number of nitrogens with one attached hydrogen (secondary N) is 1. The summed E-state index contributed by atoms with van der Waals surface area (Å²) in [4.78, 5) is 13.1. The van der Waals surface area contributed by atoms with Crippen LogP contribution in [-0.2, 0) is 4.79 Å². The van der Waals surface area contributed by atoms with Gasteiger partial charge in [-0.2, -0.15) is 0 Å². The molecule has 0 spiro atoms. The molecule has 5 heteroatoms. The van der Waals surface area contributed by atoms with Crippen LogP contribution < -0.4 is 10.2 Å². The van der Waals surface area contributed by atoms with Crippen LogP contribution in [0, 0.1) is 18.6 Å². The number of hydrogen-bond donors (Lipinski definition) is 1. The van der Waals surface area contributed by atoms with Crippen molar-refractivity contribution in [3.05, 3.63) is 29.3 Å². The highest BCUT2D eigenvalue weighted by Gasteiger charge is 2.34. The van der Waals surface area contributed by atoms with Crippen molar-refractivity contribution in [1.82, 2.24) is 5.32 Å². The molecule has 17 heavy (non-hydrogen) atoms. The molecule has 1 aliphatic heterocycles. The fourth-order valence-electron chi connectivity index (χ4n) is 2.06. The first-order chi connectivity index (χ1) is 8.06. The number of amides is 1. The van der Waals surface area contributed by atoms with Gasteiger partial charge in [0, 0.05) is 6.54 Å². The minimum Gasteiger partial charge on any atom is -0.309 e. The molecule has 0 aromatic heterocycles. The first-order valence-electron chi connectivity index (χ1n) is 5.49. The van der Waals surface area contributed by atoms with Gasteiger partial charge < -0.3 is 10.2 Å². The van der Waals surface area contributed by atoms with Gasteiger partial charge in [0.15, 0.2) is 5.82 Å². The number of rotatable bonds is 2. The molecule has 0 bridgehead atoms. The highest BCUT2D eigenvalue weighted by Crippen LogP contribution is 2.29. The lowest BCUT2D eigenvalue weighted by Gasteiger charge is -2.19. The molecule has 0 aliphatic carbocycles. The standard InChI is InChI=1S/C12H14F2N2O/c1-7-3-4-8(13)11(10(7)14)16-6-5-9(15-2)12(16)17/h3-4,9,15H,5-6H2,1-2H3. The summed E-state index contributed by atoms with van der Waals surface area (Å²) in [6.45, 7) is 1.88. The molecule has 0 radical (unpaired) electrons. The van der Waals surface area contributed by atoms with Gasteiger partial charge in [-0.15, -0.1) is 0 Å². The van der Waals surface area contributed by atoms with Crippen LogP contribution in [0.1, 0.15) is 12.0 Å². The Labute approximate surface area is 98.4 Å². The largest absolute Gasteiger partial charge is 0.309 e. The van der Waals surface area contributed by atoms with Gasteiger partial charge in [0.2, 0.25) is 5.91 Å². The van der Waals surface area contributed by atoms with Crippen molar-refractivity contribution < 1.29 is 13.6 Å². The molecule has 1 fully saturated rings. The Morgan fingerprint density at radius 2 is 2.12 bits per heavy atom. The van der Waals surface area contributed by atoms with Gasteiger partial charge in [0.25, 0.3) is 0 Å². The number of likely N-dealkylation sites (N-methyl/N-ethyl adjacent to an activating group) is 1. The molecule has 3 nitrogen and oxygen atoms in total. The van der Waals surface area contributed by atoms with E-state index in [1.165, 1.54) is 17.0 Å². The minimum absolute atomic E-state index is 0.229. The van der Waals surface area contributed by atoms with E-state index in [2.05, 4.69) is 5.32 Å². The van der Waals surface area contributed by atoms with Gasteiger partial charge in [-0.25, -0.2) is 8.78 Å². The predicted molar refractivity (Wildman–Crippen MR) is 60.9 cm³/mol. The molecular weight excluding hydrogens is 226 g/mol. The second-order valence-electron chi connectivity index (χ2n) is 4.15. The first-order valence-corrected chi connectivity index (χ1v) is 5.49. The predicted octanol–water partition coefficient (Wildman–Crippen LogP) is 1.60. The summed E-state index contributed by atoms with van der Waals surface area (Å²) in [5.74, 6) is -1.63. The average molecular weight is 240 g/mol. The Hall–Kier alpha value is -1.49. The SMILES string of the molecule is CNC1CCN(c2c(F)ccc(C)c2F)C1=O. The van der Waals surface area contributed by atoms with Crippen LogP contribution >= 0.6 is 0 Å². The van der Waals surface area contributed by atoms with Crippen LogP contribution in [0.4, 0.5) is 14.5 Å². The van der Waals surface area contributed by atoms with E-state index < -0.39 is 11.6 Å². The quantitative estimate of drug-likeness (QED) is 0.851. The zero-order valence-electron chi connectivity index (χ0n) is 9.76. The molecule has 1 aromatic rings. The Morgan fingerprint density at radius 1 is 1.41 bits per heavy atom. The third-order valence-electron chi connectivity index (χ3n) is 3.08. The lowest BCUT2D eigenvalue weighted by Crippen LogP contribution is -2.37. The van der Waals surface area contributed by atoms with E-state index in [9.17, 15) is 13.6 Å². The Kier molecular flexibility index (Phi) is 3.11. The molecule has 1 saturated heterocycles. The summed E-state index contributed by atoms with van der Waals surface area (Å²) in [6, 6.07) is 2.20. The van der Waals surface area contributed by atoms with Crippen molar-refractivity contribution in [1.29, 1.82) is 0 Å². The van der Waals surface area contributed by atoms with Gasteiger partial charge in [-0.05, 0) is 32.0 Å². The van der Waals surface area contributed by atoms with Crippen LogP contribution in [-0.4, -0.2) is 25.5 Å². The topological polar surface area (TPSA) is 32.3 Å². The minimum atomic E-state index is -0.696. The van der Waals surface area contributed by atoms with Crippen molar-refractivity contribution in [2.24, 2.45) is 0 Å². The molecule has 1 atom stereocenters. The maximum Gasteiger partial charge on any atom is 0.244 e. The van der Waals surface area contributed by atoms with Crippen molar-refractivity contribution in [2.75, 3.05) is 18.5 Å². The number of nitrogens with zero attached hydrogens (tertiary/aromatic N) is 1. The van der Waals surface area contributed by atoms with Gasteiger partial charge >= 0.3 is 0 Å². The summed E-state index contributed by atoms with van der Waals surface area (Å²) in [6.07, 6.45) is 0.558. The number of halogens is 2. The van der Waals surface area contributed by atoms with E-state index in [0.29, 0.717) is 18.5 Å². The monoisotopic (exact) mass is 240 g/mol. The molecule has 1 amide bonds. The lowest BCUT2D eigenvalue weighted by atomic mass is 10.2. The molecule has 1 aromatic carbocycles. The van der Waals surface area contributed by atoms with E-state index in [4.69, 9.17) is 0 Å². The van der Waals surface area contributed by atoms with Crippen molar-refractivity contribution in [3.63, 3.8) is 0 Å². The summed E-state index contributed by atoms with van der Waals surface area (Å²) >= 11 is 0. The van der Waals surface area contributed by atoms with Gasteiger partial charge in [0.05, 0.1) is 6.04 Å². The van der Waals surface area contributed by atoms with Crippen LogP contribution in [0.5, 0.6) is 0 Å². The second kappa shape index (κ2) is 4.41. The molecule has 1 heterocycles. The molecule has 0 saturated carbocycles. The van der Waals surface area contributed by atoms with Crippen LogP contribution in [0.25, 0.3) is 0 Å². The zero-order valence-corrected chi connectivity index (χ0v) is 9.76. The summed E-state index contributed by atoms with van der Waals surface area (Å²) < 4.78 is 27.5. The van der Waals surface area contributed by atoms with E-state index in [0.717, 1.165) is 0 Å². The number of benzene rings is 1. The van der Waals surface area contributed by atoms with Crippen LogP contribution in [0.15, 0.2) is 12.1 Å². The number of carbonyl (C=O) groups is 1. The van der Waals surface area contributed by atoms with Gasteiger partial charge in [0.1, 0.15) is 11.5 Å². The van der Waals surface area contributed by atoms with E-state index in [1.54, 1.807) is 14.0 Å². The fourth-order valence-corrected chi connectivity index (χ4v) is 2.06.